The summed E-state index contributed by atoms with van der Waals surface area (Å²) in [6.45, 7) is 4.68. The van der Waals surface area contributed by atoms with Crippen LogP contribution in [0, 0.1) is 28.6 Å². The van der Waals surface area contributed by atoms with Gasteiger partial charge in [0, 0.05) is 24.9 Å². The van der Waals surface area contributed by atoms with E-state index in [-0.39, 0.29) is 28.9 Å². The first-order valence-electron chi connectivity index (χ1n) is 12.4. The first-order valence-corrected chi connectivity index (χ1v) is 12.4. The molecule has 0 bridgehead atoms. The van der Waals surface area contributed by atoms with Crippen LogP contribution in [0.15, 0.2) is 48.3 Å². The molecule has 7 atom stereocenters. The molecule has 4 aliphatic rings. The second kappa shape index (κ2) is 7.23. The summed E-state index contributed by atoms with van der Waals surface area (Å²) in [6, 6.07) is 6.30. The average molecular weight is 444 g/mol. The molecule has 33 heavy (non-hydrogen) atoms. The minimum atomic E-state index is -0.188. The Morgan fingerprint density at radius 2 is 1.88 bits per heavy atom. The number of carbonyl (C=O) groups excluding carboxylic acids is 1. The summed E-state index contributed by atoms with van der Waals surface area (Å²) < 4.78 is 0. The maximum Gasteiger partial charge on any atom is 0.246 e. The molecule has 0 saturated heterocycles. The number of aromatic nitrogens is 2. The number of aliphatic hydroxyl groups is 1. The molecule has 1 amide bonds. The quantitative estimate of drug-likeness (QED) is 0.698. The maximum absolute atomic E-state index is 12.8. The third kappa shape index (κ3) is 2.97. The number of fused-ring (bicyclic) bond motifs is 6. The van der Waals surface area contributed by atoms with E-state index in [1.165, 1.54) is 5.57 Å². The van der Waals surface area contributed by atoms with Crippen molar-refractivity contribution in [3.05, 3.63) is 53.9 Å². The van der Waals surface area contributed by atoms with Gasteiger partial charge >= 0.3 is 0 Å². The van der Waals surface area contributed by atoms with Crippen LogP contribution in [0.25, 0.3) is 17.1 Å². The molecule has 1 aliphatic heterocycles. The van der Waals surface area contributed by atoms with Crippen molar-refractivity contribution in [2.75, 3.05) is 7.05 Å². The van der Waals surface area contributed by atoms with Crippen LogP contribution in [0.3, 0.4) is 0 Å². The lowest BCUT2D eigenvalue weighted by Crippen LogP contribution is -2.60. The summed E-state index contributed by atoms with van der Waals surface area (Å²) in [4.78, 5) is 23.6. The molecule has 5 heteroatoms. The minimum absolute atomic E-state index is 0.0219. The Balaban J connectivity index is 1.47. The summed E-state index contributed by atoms with van der Waals surface area (Å²) in [5.74, 6) is 1.67. The van der Waals surface area contributed by atoms with E-state index in [1.807, 2.05) is 18.0 Å². The second-order valence-electron chi connectivity index (χ2n) is 11.3. The number of benzene rings is 1. The highest BCUT2D eigenvalue weighted by molar-refractivity contribution is 5.89. The van der Waals surface area contributed by atoms with Crippen molar-refractivity contribution in [3.63, 3.8) is 0 Å². The first-order chi connectivity index (χ1) is 15.8. The van der Waals surface area contributed by atoms with Crippen LogP contribution >= 0.6 is 0 Å². The molecule has 1 N–H and O–H groups in total. The maximum atomic E-state index is 12.8. The van der Waals surface area contributed by atoms with Gasteiger partial charge in [0.25, 0.3) is 0 Å². The van der Waals surface area contributed by atoms with E-state index in [1.54, 1.807) is 18.5 Å². The number of hydrogen-bond acceptors (Lipinski definition) is 4. The molecule has 3 fully saturated rings. The fourth-order valence-electron chi connectivity index (χ4n) is 8.10. The van der Waals surface area contributed by atoms with E-state index in [4.69, 9.17) is 0 Å². The van der Waals surface area contributed by atoms with Crippen molar-refractivity contribution in [1.82, 2.24) is 14.9 Å². The fourth-order valence-corrected chi connectivity index (χ4v) is 8.10. The molecular formula is C28H33N3O2. The van der Waals surface area contributed by atoms with E-state index >= 15 is 0 Å². The van der Waals surface area contributed by atoms with Gasteiger partial charge in [0.2, 0.25) is 5.91 Å². The number of aliphatic hydroxyl groups excluding tert-OH is 1. The molecule has 2 aromatic rings. The topological polar surface area (TPSA) is 66.3 Å². The Bertz CT molecular complexity index is 1190. The second-order valence-corrected chi connectivity index (χ2v) is 11.3. The van der Waals surface area contributed by atoms with E-state index in [2.05, 4.69) is 48.1 Å². The smallest absolute Gasteiger partial charge is 0.246 e. The number of carbonyl (C=O) groups is 1. The summed E-state index contributed by atoms with van der Waals surface area (Å²) in [5, 5.41) is 10.9. The molecule has 3 saturated carbocycles. The van der Waals surface area contributed by atoms with Gasteiger partial charge in [0.05, 0.1) is 23.2 Å². The van der Waals surface area contributed by atoms with Gasteiger partial charge in [-0.25, -0.2) is 0 Å². The molecule has 2 heterocycles. The summed E-state index contributed by atoms with van der Waals surface area (Å²) >= 11 is 0. The fraction of sp³-hybridized carbons (Fsp3) is 0.536. The van der Waals surface area contributed by atoms with Gasteiger partial charge in [-0.2, -0.15) is 0 Å². The van der Waals surface area contributed by atoms with E-state index in [0.29, 0.717) is 17.8 Å². The predicted molar refractivity (Wildman–Crippen MR) is 129 cm³/mol. The van der Waals surface area contributed by atoms with Gasteiger partial charge in [-0.3, -0.25) is 14.8 Å². The van der Waals surface area contributed by atoms with Crippen molar-refractivity contribution in [1.29, 1.82) is 0 Å². The van der Waals surface area contributed by atoms with Crippen LogP contribution in [-0.2, 0) is 4.79 Å². The van der Waals surface area contributed by atoms with Gasteiger partial charge in [0.1, 0.15) is 0 Å². The van der Waals surface area contributed by atoms with Gasteiger partial charge in [-0.1, -0.05) is 32.1 Å². The molecule has 5 nitrogen and oxygen atoms in total. The van der Waals surface area contributed by atoms with Gasteiger partial charge in [0.15, 0.2) is 0 Å². The number of nitrogens with zero attached hydrogens (tertiary/aromatic N) is 3. The minimum Gasteiger partial charge on any atom is -0.393 e. The average Bonchev–Trinajstić information content (AvgIpc) is 3.11. The zero-order chi connectivity index (χ0) is 23.0. The highest BCUT2D eigenvalue weighted by Gasteiger charge is 2.61. The molecule has 6 rings (SSSR count). The van der Waals surface area contributed by atoms with Crippen LogP contribution in [0.5, 0.6) is 0 Å². The molecule has 1 aromatic heterocycles. The lowest BCUT2D eigenvalue weighted by Gasteiger charge is -2.60. The largest absolute Gasteiger partial charge is 0.393 e. The summed E-state index contributed by atoms with van der Waals surface area (Å²) in [5.41, 5.74) is 4.15. The lowest BCUT2D eigenvalue weighted by molar-refractivity contribution is -0.135. The molecule has 3 aliphatic carbocycles. The van der Waals surface area contributed by atoms with Crippen molar-refractivity contribution in [2.24, 2.45) is 28.6 Å². The first kappa shape index (κ1) is 21.0. The number of rotatable bonds is 1. The van der Waals surface area contributed by atoms with Crippen molar-refractivity contribution < 1.29 is 9.90 Å². The van der Waals surface area contributed by atoms with Crippen LogP contribution < -0.4 is 0 Å². The summed E-state index contributed by atoms with van der Waals surface area (Å²) in [6.07, 6.45) is 14.8. The van der Waals surface area contributed by atoms with Crippen molar-refractivity contribution in [3.8, 4) is 0 Å². The highest BCUT2D eigenvalue weighted by atomic mass is 16.3. The zero-order valence-corrected chi connectivity index (χ0v) is 19.7. The van der Waals surface area contributed by atoms with E-state index in [9.17, 15) is 9.90 Å². The summed E-state index contributed by atoms with van der Waals surface area (Å²) in [7, 11) is 1.96. The third-order valence-electron chi connectivity index (χ3n) is 9.76. The van der Waals surface area contributed by atoms with Crippen molar-refractivity contribution >= 4 is 23.0 Å². The van der Waals surface area contributed by atoms with Gasteiger partial charge < -0.3 is 10.0 Å². The molecule has 0 spiro atoms. The molecular weight excluding hydrogens is 410 g/mol. The monoisotopic (exact) mass is 443 g/mol. The van der Waals surface area contributed by atoms with Gasteiger partial charge in [-0.15, -0.1) is 0 Å². The van der Waals surface area contributed by atoms with Gasteiger partial charge in [-0.05, 0) is 84.6 Å². The van der Waals surface area contributed by atoms with Crippen LogP contribution in [0.4, 0.5) is 0 Å². The SMILES string of the molecule is CN1C(=O)C=C[C@]2(C)[C@H]3CC[C@]4(C)[C@@H](O)CC[C@H]4[C@@H]3C/C(=C\c3ccc4nccnc4c3)[C@@H]12. The van der Waals surface area contributed by atoms with Crippen LogP contribution in [0.1, 0.15) is 51.5 Å². The van der Waals surface area contributed by atoms with Crippen molar-refractivity contribution in [2.45, 2.75) is 58.1 Å². The highest BCUT2D eigenvalue weighted by Crippen LogP contribution is 2.64. The van der Waals surface area contributed by atoms with E-state index < -0.39 is 0 Å². The number of amides is 1. The Hall–Kier alpha value is -2.53. The van der Waals surface area contributed by atoms with Crippen LogP contribution in [-0.4, -0.2) is 45.1 Å². The number of likely N-dealkylation sites (N-methyl/N-ethyl adjacent to an activating group) is 1. The normalized spacial score (nSPS) is 41.2. The number of hydrogen-bond donors (Lipinski definition) is 1. The molecule has 172 valence electrons. The third-order valence-corrected chi connectivity index (χ3v) is 9.76. The molecule has 1 aromatic carbocycles. The molecule has 0 radical (unpaired) electrons. The Kier molecular flexibility index (Phi) is 4.61. The van der Waals surface area contributed by atoms with E-state index in [0.717, 1.165) is 48.7 Å². The lowest BCUT2D eigenvalue weighted by atomic mass is 9.47. The Morgan fingerprint density at radius 1 is 1.09 bits per heavy atom. The Labute approximate surface area is 195 Å². The van der Waals surface area contributed by atoms with Crippen LogP contribution in [0.2, 0.25) is 0 Å². The predicted octanol–water partition coefficient (Wildman–Crippen LogP) is 4.62. The standard InChI is InChI=1S/C28H33N3O2/c1-27-10-8-21-19(20(27)5-7-24(27)32)16-18(26-28(21,2)11-9-25(33)31(26)3)14-17-4-6-22-23(15-17)30-13-12-29-22/h4,6,9,11-15,19-21,24,26,32H,5,7-8,10,16H2,1-3H3/b18-14+/t19-,20-,21-,24-,26+,27-,28+/m0/s1. The Morgan fingerprint density at radius 3 is 2.70 bits per heavy atom. The zero-order valence-electron chi connectivity index (χ0n) is 19.7. The molecule has 0 unspecified atom stereocenters.